The van der Waals surface area contributed by atoms with Gasteiger partial charge in [-0.2, -0.15) is 0 Å². The third-order valence-electron chi connectivity index (χ3n) is 3.40. The van der Waals surface area contributed by atoms with Gasteiger partial charge in [-0.15, -0.1) is 0 Å². The first-order valence-corrected chi connectivity index (χ1v) is 6.96. The van der Waals surface area contributed by atoms with Gasteiger partial charge in [-0.05, 0) is 25.8 Å². The van der Waals surface area contributed by atoms with Crippen molar-refractivity contribution < 1.29 is 0 Å². The number of hydrogen-bond acceptors (Lipinski definition) is 4. The van der Waals surface area contributed by atoms with E-state index in [1.54, 1.807) is 10.9 Å². The van der Waals surface area contributed by atoms with Crippen LogP contribution in [0.15, 0.2) is 15.9 Å². The lowest BCUT2D eigenvalue weighted by Crippen LogP contribution is -2.38. The summed E-state index contributed by atoms with van der Waals surface area (Å²) in [6, 6.07) is 0. The largest absolute Gasteiger partial charge is 0.332 e. The first kappa shape index (κ1) is 14.5. The highest BCUT2D eigenvalue weighted by molar-refractivity contribution is 5.70. The van der Waals surface area contributed by atoms with Crippen LogP contribution in [-0.4, -0.2) is 25.2 Å². The predicted octanol–water partition coefficient (Wildman–Crippen LogP) is 0.0456. The molecule has 0 radical (unpaired) electrons. The molecule has 0 aliphatic heterocycles. The fourth-order valence-electron chi connectivity index (χ4n) is 2.33. The van der Waals surface area contributed by atoms with Gasteiger partial charge in [0, 0.05) is 20.1 Å². The van der Waals surface area contributed by atoms with Crippen LogP contribution in [0.3, 0.4) is 0 Å². The highest BCUT2D eigenvalue weighted by Crippen LogP contribution is 2.08. The molecule has 20 heavy (non-hydrogen) atoms. The molecule has 2 rings (SSSR count). The van der Waals surface area contributed by atoms with Crippen LogP contribution in [0.2, 0.25) is 0 Å². The van der Waals surface area contributed by atoms with Crippen molar-refractivity contribution in [3.05, 3.63) is 27.2 Å². The van der Waals surface area contributed by atoms with Gasteiger partial charge in [-0.25, -0.2) is 9.78 Å². The second-order valence-electron chi connectivity index (χ2n) is 4.90. The SMILES string of the molecule is CCCn1c(=O)n(C)c(=O)c2c1ncn2CCCCN. The molecule has 0 atom stereocenters. The van der Waals surface area contributed by atoms with Crippen molar-refractivity contribution in [3.8, 4) is 0 Å². The number of rotatable bonds is 6. The molecule has 0 fully saturated rings. The van der Waals surface area contributed by atoms with Crippen LogP contribution in [0.25, 0.3) is 11.2 Å². The second kappa shape index (κ2) is 6.04. The van der Waals surface area contributed by atoms with E-state index < -0.39 is 0 Å². The van der Waals surface area contributed by atoms with E-state index in [9.17, 15) is 9.59 Å². The number of aryl methyl sites for hydroxylation is 2. The van der Waals surface area contributed by atoms with Crippen LogP contribution in [0, 0.1) is 0 Å². The fraction of sp³-hybridized carbons (Fsp3) is 0.615. The summed E-state index contributed by atoms with van der Waals surface area (Å²) in [5, 5.41) is 0. The maximum absolute atomic E-state index is 12.3. The van der Waals surface area contributed by atoms with Gasteiger partial charge in [-0.1, -0.05) is 6.92 Å². The van der Waals surface area contributed by atoms with Crippen LogP contribution in [0.5, 0.6) is 0 Å². The summed E-state index contributed by atoms with van der Waals surface area (Å²) in [6.45, 7) is 3.86. The average molecular weight is 279 g/mol. The summed E-state index contributed by atoms with van der Waals surface area (Å²) in [5.41, 5.74) is 5.86. The Bertz CT molecular complexity index is 710. The van der Waals surface area contributed by atoms with Crippen molar-refractivity contribution in [1.29, 1.82) is 0 Å². The molecule has 0 amide bonds. The van der Waals surface area contributed by atoms with E-state index in [0.29, 0.717) is 30.8 Å². The number of fused-ring (bicyclic) bond motifs is 1. The van der Waals surface area contributed by atoms with Crippen molar-refractivity contribution in [2.24, 2.45) is 12.8 Å². The van der Waals surface area contributed by atoms with E-state index in [0.717, 1.165) is 23.8 Å². The molecule has 0 saturated heterocycles. The molecule has 7 heteroatoms. The molecule has 2 aromatic rings. The molecule has 0 saturated carbocycles. The Morgan fingerprint density at radius 3 is 2.65 bits per heavy atom. The van der Waals surface area contributed by atoms with Gasteiger partial charge in [0.25, 0.3) is 5.56 Å². The van der Waals surface area contributed by atoms with Gasteiger partial charge in [0.05, 0.1) is 6.33 Å². The third-order valence-corrected chi connectivity index (χ3v) is 3.40. The normalized spacial score (nSPS) is 11.3. The van der Waals surface area contributed by atoms with E-state index in [1.165, 1.54) is 7.05 Å². The first-order valence-electron chi connectivity index (χ1n) is 6.96. The molecule has 0 aliphatic rings. The molecule has 7 nitrogen and oxygen atoms in total. The minimum absolute atomic E-state index is 0.289. The van der Waals surface area contributed by atoms with Gasteiger partial charge in [-0.3, -0.25) is 13.9 Å². The smallest absolute Gasteiger partial charge is 0.330 e. The van der Waals surface area contributed by atoms with Crippen LogP contribution < -0.4 is 17.0 Å². The van der Waals surface area contributed by atoms with E-state index >= 15 is 0 Å². The van der Waals surface area contributed by atoms with Gasteiger partial charge >= 0.3 is 5.69 Å². The molecular formula is C13H21N5O2. The van der Waals surface area contributed by atoms with Gasteiger partial charge in [0.15, 0.2) is 11.2 Å². The Hall–Kier alpha value is -1.89. The summed E-state index contributed by atoms with van der Waals surface area (Å²) in [5.74, 6) is 0. The van der Waals surface area contributed by atoms with E-state index in [-0.39, 0.29) is 11.2 Å². The van der Waals surface area contributed by atoms with Crippen LogP contribution in [0.4, 0.5) is 0 Å². The summed E-state index contributed by atoms with van der Waals surface area (Å²) < 4.78 is 4.54. The topological polar surface area (TPSA) is 87.8 Å². The van der Waals surface area contributed by atoms with Crippen LogP contribution in [-0.2, 0) is 20.1 Å². The Kier molecular flexibility index (Phi) is 4.39. The Labute approximate surface area is 116 Å². The standard InChI is InChI=1S/C13H21N5O2/c1-3-7-18-11-10(12(19)16(2)13(18)20)17(9-15-11)8-5-4-6-14/h9H,3-8,14H2,1-2H3. The monoisotopic (exact) mass is 279 g/mol. The first-order chi connectivity index (χ1) is 9.61. The Morgan fingerprint density at radius 2 is 2.00 bits per heavy atom. The van der Waals surface area contributed by atoms with E-state index in [4.69, 9.17) is 5.73 Å². The van der Waals surface area contributed by atoms with E-state index in [1.807, 2.05) is 11.5 Å². The minimum Gasteiger partial charge on any atom is -0.330 e. The lowest BCUT2D eigenvalue weighted by atomic mass is 10.3. The summed E-state index contributed by atoms with van der Waals surface area (Å²) in [4.78, 5) is 28.7. The Morgan fingerprint density at radius 1 is 1.25 bits per heavy atom. The number of nitrogens with zero attached hydrogens (tertiary/aromatic N) is 4. The molecule has 0 unspecified atom stereocenters. The number of unbranched alkanes of at least 4 members (excludes halogenated alkanes) is 1. The zero-order chi connectivity index (χ0) is 14.7. The zero-order valence-electron chi connectivity index (χ0n) is 12.0. The molecular weight excluding hydrogens is 258 g/mol. The molecule has 0 spiro atoms. The van der Waals surface area contributed by atoms with Crippen molar-refractivity contribution in [2.75, 3.05) is 6.54 Å². The van der Waals surface area contributed by atoms with Gasteiger partial charge in [0.2, 0.25) is 0 Å². The van der Waals surface area contributed by atoms with Gasteiger partial charge in [0.1, 0.15) is 0 Å². The third kappa shape index (κ3) is 2.40. The molecule has 0 bridgehead atoms. The van der Waals surface area contributed by atoms with Crippen molar-refractivity contribution in [2.45, 2.75) is 39.3 Å². The zero-order valence-corrected chi connectivity index (χ0v) is 12.0. The summed E-state index contributed by atoms with van der Waals surface area (Å²) in [6.07, 6.45) is 4.23. The average Bonchev–Trinajstić information content (AvgIpc) is 2.85. The fourth-order valence-corrected chi connectivity index (χ4v) is 2.33. The van der Waals surface area contributed by atoms with Gasteiger partial charge < -0.3 is 10.3 Å². The number of imidazole rings is 1. The Balaban J connectivity index is 2.60. The molecule has 2 N–H and O–H groups in total. The molecule has 0 aromatic carbocycles. The quantitative estimate of drug-likeness (QED) is 0.757. The molecule has 110 valence electrons. The lowest BCUT2D eigenvalue weighted by Gasteiger charge is -2.09. The maximum Gasteiger partial charge on any atom is 0.332 e. The second-order valence-corrected chi connectivity index (χ2v) is 4.90. The highest BCUT2D eigenvalue weighted by Gasteiger charge is 2.15. The predicted molar refractivity (Wildman–Crippen MR) is 77.8 cm³/mol. The number of hydrogen-bond donors (Lipinski definition) is 1. The minimum atomic E-state index is -0.309. The van der Waals surface area contributed by atoms with E-state index in [2.05, 4.69) is 4.98 Å². The molecule has 2 aromatic heterocycles. The van der Waals surface area contributed by atoms with Crippen LogP contribution >= 0.6 is 0 Å². The summed E-state index contributed by atoms with van der Waals surface area (Å²) >= 11 is 0. The lowest BCUT2D eigenvalue weighted by molar-refractivity contribution is 0.602. The highest BCUT2D eigenvalue weighted by atomic mass is 16.2. The number of aromatic nitrogens is 4. The van der Waals surface area contributed by atoms with Crippen molar-refractivity contribution in [1.82, 2.24) is 18.7 Å². The number of nitrogens with two attached hydrogens (primary N) is 1. The molecule has 0 aliphatic carbocycles. The summed E-state index contributed by atoms with van der Waals surface area (Å²) in [7, 11) is 1.51. The van der Waals surface area contributed by atoms with Crippen molar-refractivity contribution >= 4 is 11.2 Å². The molecule has 2 heterocycles. The maximum atomic E-state index is 12.3. The van der Waals surface area contributed by atoms with Crippen molar-refractivity contribution in [3.63, 3.8) is 0 Å². The van der Waals surface area contributed by atoms with Crippen LogP contribution in [0.1, 0.15) is 26.2 Å².